The molecule has 1 aromatic carbocycles. The van der Waals surface area contributed by atoms with Crippen LogP contribution in [0, 0.1) is 12.8 Å². The van der Waals surface area contributed by atoms with Crippen LogP contribution in [0.5, 0.6) is 5.75 Å². The Balaban J connectivity index is 1.57. The zero-order valence-electron chi connectivity index (χ0n) is 14.5. The highest BCUT2D eigenvalue weighted by molar-refractivity contribution is 5.94. The van der Waals surface area contributed by atoms with E-state index >= 15 is 0 Å². The Labute approximate surface area is 146 Å². The molecule has 5 heteroatoms. The maximum absolute atomic E-state index is 12.8. The van der Waals surface area contributed by atoms with E-state index in [1.165, 1.54) is 5.56 Å². The Morgan fingerprint density at radius 3 is 3.00 bits per heavy atom. The number of fused-ring (bicyclic) bond motifs is 3. The van der Waals surface area contributed by atoms with Gasteiger partial charge in [0.15, 0.2) is 0 Å². The molecule has 0 spiro atoms. The Bertz CT molecular complexity index is 945. The molecular formula is C20H21N3O2. The monoisotopic (exact) mass is 335 g/mol. The van der Waals surface area contributed by atoms with Crippen molar-refractivity contribution < 1.29 is 9.53 Å². The Morgan fingerprint density at radius 1 is 1.32 bits per heavy atom. The van der Waals surface area contributed by atoms with Crippen molar-refractivity contribution in [2.75, 3.05) is 12.4 Å². The summed E-state index contributed by atoms with van der Waals surface area (Å²) in [5.41, 5.74) is 5.15. The van der Waals surface area contributed by atoms with E-state index in [4.69, 9.17) is 9.72 Å². The van der Waals surface area contributed by atoms with Crippen LogP contribution < -0.4 is 10.1 Å². The summed E-state index contributed by atoms with van der Waals surface area (Å²) < 4.78 is 7.43. The highest BCUT2D eigenvalue weighted by Gasteiger charge is 2.28. The summed E-state index contributed by atoms with van der Waals surface area (Å²) in [4.78, 5) is 17.5. The summed E-state index contributed by atoms with van der Waals surface area (Å²) in [6.07, 6.45) is 4.41. The minimum atomic E-state index is -0.0568. The first-order valence-corrected chi connectivity index (χ1v) is 8.56. The Kier molecular flexibility index (Phi) is 3.92. The molecule has 2 heterocycles. The van der Waals surface area contributed by atoms with E-state index in [0.29, 0.717) is 12.2 Å². The molecule has 0 aliphatic heterocycles. The number of carbonyl (C=O) groups excluding carboxylic acids is 1. The van der Waals surface area contributed by atoms with Crippen molar-refractivity contribution in [2.45, 2.75) is 26.2 Å². The molecule has 1 N–H and O–H groups in total. The number of nitrogens with zero attached hydrogens (tertiary/aromatic N) is 2. The zero-order valence-corrected chi connectivity index (χ0v) is 14.5. The molecular weight excluding hydrogens is 314 g/mol. The molecule has 1 amide bonds. The minimum absolute atomic E-state index is 0.0391. The first kappa shape index (κ1) is 15.7. The van der Waals surface area contributed by atoms with Crippen molar-refractivity contribution in [3.8, 4) is 5.75 Å². The highest BCUT2D eigenvalue weighted by Crippen LogP contribution is 2.29. The lowest BCUT2D eigenvalue weighted by Crippen LogP contribution is -2.28. The molecule has 1 aliphatic carbocycles. The number of methoxy groups -OCH3 is 1. The molecule has 0 radical (unpaired) electrons. The fourth-order valence-corrected chi connectivity index (χ4v) is 3.52. The van der Waals surface area contributed by atoms with Crippen molar-refractivity contribution in [2.24, 2.45) is 5.92 Å². The second-order valence-electron chi connectivity index (χ2n) is 6.57. The number of hydrogen-bond donors (Lipinski definition) is 1. The van der Waals surface area contributed by atoms with Crippen LogP contribution >= 0.6 is 0 Å². The van der Waals surface area contributed by atoms with Crippen molar-refractivity contribution in [1.29, 1.82) is 0 Å². The van der Waals surface area contributed by atoms with Crippen LogP contribution in [0.1, 0.15) is 23.4 Å². The number of amides is 1. The van der Waals surface area contributed by atoms with Gasteiger partial charge in [-0.3, -0.25) is 4.79 Å². The number of ether oxygens (including phenoxy) is 1. The summed E-state index contributed by atoms with van der Waals surface area (Å²) in [7, 11) is 1.61. The molecule has 1 aliphatic rings. The van der Waals surface area contributed by atoms with E-state index in [1.54, 1.807) is 7.11 Å². The normalized spacial score (nSPS) is 16.5. The van der Waals surface area contributed by atoms with Gasteiger partial charge in [-0.25, -0.2) is 4.98 Å². The first-order chi connectivity index (χ1) is 12.2. The summed E-state index contributed by atoms with van der Waals surface area (Å²) in [5, 5.41) is 3.02. The number of para-hydroxylation sites is 2. The number of nitrogens with one attached hydrogen (secondary N) is 1. The van der Waals surface area contributed by atoms with Gasteiger partial charge in [0.25, 0.3) is 0 Å². The van der Waals surface area contributed by atoms with Crippen LogP contribution in [0.4, 0.5) is 5.69 Å². The molecule has 1 atom stereocenters. The van der Waals surface area contributed by atoms with Crippen LogP contribution in [0.3, 0.4) is 0 Å². The van der Waals surface area contributed by atoms with E-state index in [0.717, 1.165) is 35.6 Å². The van der Waals surface area contributed by atoms with Crippen molar-refractivity contribution in [1.82, 2.24) is 9.38 Å². The van der Waals surface area contributed by atoms with Crippen LogP contribution in [0.15, 0.2) is 42.6 Å². The number of anilines is 1. The quantitative estimate of drug-likeness (QED) is 0.798. The molecule has 0 saturated carbocycles. The van der Waals surface area contributed by atoms with E-state index in [2.05, 4.69) is 35.0 Å². The molecule has 5 nitrogen and oxygen atoms in total. The largest absolute Gasteiger partial charge is 0.495 e. The molecule has 0 saturated heterocycles. The number of benzene rings is 1. The molecule has 128 valence electrons. The van der Waals surface area contributed by atoms with Gasteiger partial charge < -0.3 is 14.5 Å². The maximum atomic E-state index is 12.8. The van der Waals surface area contributed by atoms with Gasteiger partial charge in [0.1, 0.15) is 11.4 Å². The first-order valence-electron chi connectivity index (χ1n) is 8.56. The third-order valence-electron chi connectivity index (χ3n) is 4.87. The second kappa shape index (κ2) is 6.24. The highest BCUT2D eigenvalue weighted by atomic mass is 16.5. The molecule has 3 aromatic rings. The smallest absolute Gasteiger partial charge is 0.227 e. The van der Waals surface area contributed by atoms with Crippen LogP contribution in [0.25, 0.3) is 5.65 Å². The van der Waals surface area contributed by atoms with Gasteiger partial charge >= 0.3 is 0 Å². The second-order valence-corrected chi connectivity index (χ2v) is 6.57. The van der Waals surface area contributed by atoms with Gasteiger partial charge in [0.05, 0.1) is 18.5 Å². The van der Waals surface area contributed by atoms with Gasteiger partial charge in [-0.2, -0.15) is 0 Å². The van der Waals surface area contributed by atoms with Gasteiger partial charge in [-0.1, -0.05) is 12.1 Å². The Morgan fingerprint density at radius 2 is 2.16 bits per heavy atom. The van der Waals surface area contributed by atoms with E-state index < -0.39 is 0 Å². The topological polar surface area (TPSA) is 55.6 Å². The number of aromatic nitrogens is 2. The number of hydrogen-bond acceptors (Lipinski definition) is 3. The summed E-state index contributed by atoms with van der Waals surface area (Å²) >= 11 is 0. The number of aryl methyl sites for hydroxylation is 2. The predicted molar refractivity (Wildman–Crippen MR) is 97.1 cm³/mol. The standard InChI is InChI=1S/C20H21N3O2/c1-13-9-10-23-17-12-14(7-8-15(17)21-19(23)11-13)20(24)22-16-5-3-4-6-18(16)25-2/h3-6,9-11,14H,7-8,12H2,1-2H3,(H,22,24). The molecule has 0 fully saturated rings. The number of pyridine rings is 1. The fourth-order valence-electron chi connectivity index (χ4n) is 3.52. The molecule has 0 bridgehead atoms. The average molecular weight is 335 g/mol. The van der Waals surface area contributed by atoms with E-state index in [1.807, 2.05) is 24.3 Å². The van der Waals surface area contributed by atoms with E-state index in [-0.39, 0.29) is 11.8 Å². The maximum Gasteiger partial charge on any atom is 0.227 e. The molecule has 4 rings (SSSR count). The lowest BCUT2D eigenvalue weighted by molar-refractivity contribution is -0.120. The lowest BCUT2D eigenvalue weighted by Gasteiger charge is -2.22. The molecule has 2 aromatic heterocycles. The lowest BCUT2D eigenvalue weighted by atomic mass is 9.89. The predicted octanol–water partition coefficient (Wildman–Crippen LogP) is 3.39. The zero-order chi connectivity index (χ0) is 17.4. The van der Waals surface area contributed by atoms with Crippen LogP contribution in [0.2, 0.25) is 0 Å². The third kappa shape index (κ3) is 2.86. The van der Waals surface area contributed by atoms with Crippen LogP contribution in [-0.2, 0) is 17.6 Å². The van der Waals surface area contributed by atoms with Gasteiger partial charge in [-0.05, 0) is 49.6 Å². The minimum Gasteiger partial charge on any atom is -0.495 e. The van der Waals surface area contributed by atoms with Gasteiger partial charge in [0.2, 0.25) is 5.91 Å². The van der Waals surface area contributed by atoms with E-state index in [9.17, 15) is 4.79 Å². The summed E-state index contributed by atoms with van der Waals surface area (Å²) in [6, 6.07) is 11.7. The van der Waals surface area contributed by atoms with Gasteiger partial charge in [-0.15, -0.1) is 0 Å². The molecule has 25 heavy (non-hydrogen) atoms. The SMILES string of the molecule is COc1ccccc1NC(=O)C1CCc2nc3cc(C)ccn3c2C1. The molecule has 1 unspecified atom stereocenters. The number of carbonyl (C=O) groups is 1. The third-order valence-corrected chi connectivity index (χ3v) is 4.87. The summed E-state index contributed by atoms with van der Waals surface area (Å²) in [6.45, 7) is 2.07. The summed E-state index contributed by atoms with van der Waals surface area (Å²) in [5.74, 6) is 0.661. The number of rotatable bonds is 3. The Hall–Kier alpha value is -2.82. The fraction of sp³-hybridized carbons (Fsp3) is 0.300. The van der Waals surface area contributed by atoms with Crippen molar-refractivity contribution >= 4 is 17.2 Å². The van der Waals surface area contributed by atoms with Crippen molar-refractivity contribution in [3.05, 3.63) is 59.5 Å². The average Bonchev–Trinajstić information content (AvgIpc) is 2.98. The van der Waals surface area contributed by atoms with Crippen molar-refractivity contribution in [3.63, 3.8) is 0 Å². The van der Waals surface area contributed by atoms with Gasteiger partial charge in [0, 0.05) is 24.2 Å². The van der Waals surface area contributed by atoms with Crippen LogP contribution in [-0.4, -0.2) is 22.4 Å². The number of imidazole rings is 1.